The fourth-order valence-electron chi connectivity index (χ4n) is 3.35. The molecule has 1 aromatic rings. The highest BCUT2D eigenvalue weighted by atomic mass is 16.7. The highest BCUT2D eigenvalue weighted by Crippen LogP contribution is 2.24. The lowest BCUT2D eigenvalue weighted by atomic mass is 10.1. The summed E-state index contributed by atoms with van der Waals surface area (Å²) in [7, 11) is 0. The van der Waals surface area contributed by atoms with Gasteiger partial charge in [0.15, 0.2) is 5.57 Å². The first kappa shape index (κ1) is 22.3. The van der Waals surface area contributed by atoms with Gasteiger partial charge in [-0.1, -0.05) is 30.3 Å². The van der Waals surface area contributed by atoms with E-state index >= 15 is 0 Å². The van der Waals surface area contributed by atoms with Crippen LogP contribution in [0.1, 0.15) is 32.3 Å². The molecular weight excluding hydrogens is 404 g/mol. The number of hydrogen-bond donors (Lipinski definition) is 1. The summed E-state index contributed by atoms with van der Waals surface area (Å²) in [6.07, 6.45) is 2.45. The summed E-state index contributed by atoms with van der Waals surface area (Å²) < 4.78 is 15.4. The second kappa shape index (κ2) is 9.63. The number of piperazine rings is 1. The number of rotatable bonds is 7. The van der Waals surface area contributed by atoms with E-state index in [0.29, 0.717) is 19.5 Å². The van der Waals surface area contributed by atoms with Gasteiger partial charge in [0.25, 0.3) is 5.79 Å². The van der Waals surface area contributed by atoms with Crippen molar-refractivity contribution in [3.05, 3.63) is 47.7 Å². The Kier molecular flexibility index (Phi) is 6.94. The maximum absolute atomic E-state index is 12.3. The predicted octanol–water partition coefficient (Wildman–Crippen LogP) is 1.07. The van der Waals surface area contributed by atoms with Crippen molar-refractivity contribution in [3.63, 3.8) is 0 Å². The topological polar surface area (TPSA) is 111 Å². The number of nitrogens with zero attached hydrogens (tertiary/aromatic N) is 1. The Morgan fingerprint density at radius 3 is 2.55 bits per heavy atom. The fourth-order valence-corrected chi connectivity index (χ4v) is 3.35. The summed E-state index contributed by atoms with van der Waals surface area (Å²) in [6.45, 7) is 3.75. The molecule has 2 heterocycles. The van der Waals surface area contributed by atoms with Crippen LogP contribution in [0, 0.1) is 0 Å². The molecule has 0 aromatic heterocycles. The van der Waals surface area contributed by atoms with Crippen LogP contribution in [0.15, 0.2) is 42.1 Å². The van der Waals surface area contributed by atoms with Gasteiger partial charge in [0, 0.05) is 33.1 Å². The standard InChI is InChI=1S/C22H26N2O7/c1-22(2)30-20(27)16(21(28)31-22)14-24-11-10-23-19(26)17(24)13-18(25)29-12-6-9-15-7-4-3-5-8-15/h3-5,7-8,14,17H,6,9-13H2,1-2H3,(H,23,26). The second-order valence-corrected chi connectivity index (χ2v) is 7.78. The molecule has 3 rings (SSSR count). The molecule has 9 nitrogen and oxygen atoms in total. The molecule has 2 aliphatic rings. The molecule has 0 aliphatic carbocycles. The first-order valence-corrected chi connectivity index (χ1v) is 10.2. The van der Waals surface area contributed by atoms with Gasteiger partial charge < -0.3 is 24.4 Å². The molecule has 9 heteroatoms. The molecular formula is C22H26N2O7. The quantitative estimate of drug-likeness (QED) is 0.296. The molecule has 31 heavy (non-hydrogen) atoms. The normalized spacial score (nSPS) is 20.5. The zero-order valence-electron chi connectivity index (χ0n) is 17.6. The Balaban J connectivity index is 1.57. The van der Waals surface area contributed by atoms with Crippen LogP contribution in [0.5, 0.6) is 0 Å². The molecule has 0 radical (unpaired) electrons. The van der Waals surface area contributed by atoms with Crippen LogP contribution < -0.4 is 5.32 Å². The second-order valence-electron chi connectivity index (χ2n) is 7.78. The molecule has 1 unspecified atom stereocenters. The molecule has 0 spiro atoms. The third kappa shape index (κ3) is 6.07. The highest BCUT2D eigenvalue weighted by Gasteiger charge is 2.40. The Bertz CT molecular complexity index is 857. The van der Waals surface area contributed by atoms with Gasteiger partial charge in [-0.15, -0.1) is 0 Å². The van der Waals surface area contributed by atoms with Crippen LogP contribution in [0.3, 0.4) is 0 Å². The SMILES string of the molecule is CC1(C)OC(=O)C(=CN2CCNC(=O)C2CC(=O)OCCCc2ccccc2)C(=O)O1. The van der Waals surface area contributed by atoms with E-state index < -0.39 is 29.7 Å². The monoisotopic (exact) mass is 430 g/mol. The maximum atomic E-state index is 12.3. The number of carbonyl (C=O) groups excluding carboxylic acids is 4. The van der Waals surface area contributed by atoms with Crippen LogP contribution in [0.2, 0.25) is 0 Å². The van der Waals surface area contributed by atoms with Crippen molar-refractivity contribution in [1.82, 2.24) is 10.2 Å². The van der Waals surface area contributed by atoms with Crippen LogP contribution in [-0.4, -0.2) is 60.2 Å². The van der Waals surface area contributed by atoms with E-state index in [4.69, 9.17) is 14.2 Å². The lowest BCUT2D eigenvalue weighted by Gasteiger charge is -2.35. The number of nitrogens with one attached hydrogen (secondary N) is 1. The summed E-state index contributed by atoms with van der Waals surface area (Å²) in [6, 6.07) is 8.94. The third-order valence-corrected chi connectivity index (χ3v) is 4.86. The summed E-state index contributed by atoms with van der Waals surface area (Å²) in [5.74, 6) is -3.95. The first-order valence-electron chi connectivity index (χ1n) is 10.2. The first-order chi connectivity index (χ1) is 14.7. The maximum Gasteiger partial charge on any atom is 0.350 e. The molecule has 1 aromatic carbocycles. The van der Waals surface area contributed by atoms with Gasteiger partial charge in [-0.3, -0.25) is 9.59 Å². The van der Waals surface area contributed by atoms with Crippen LogP contribution in [0.25, 0.3) is 0 Å². The number of carbonyl (C=O) groups is 4. The molecule has 1 atom stereocenters. The zero-order valence-corrected chi connectivity index (χ0v) is 17.6. The molecule has 2 aliphatic heterocycles. The minimum atomic E-state index is -1.35. The van der Waals surface area contributed by atoms with Crippen LogP contribution >= 0.6 is 0 Å². The van der Waals surface area contributed by atoms with Gasteiger partial charge in [-0.2, -0.15) is 0 Å². The fraction of sp³-hybridized carbons (Fsp3) is 0.455. The molecule has 0 bridgehead atoms. The van der Waals surface area contributed by atoms with Crippen molar-refractivity contribution in [3.8, 4) is 0 Å². The van der Waals surface area contributed by atoms with Gasteiger partial charge in [-0.25, -0.2) is 9.59 Å². The Morgan fingerprint density at radius 1 is 1.19 bits per heavy atom. The molecule has 1 N–H and O–H groups in total. The number of benzene rings is 1. The highest BCUT2D eigenvalue weighted by molar-refractivity contribution is 6.15. The average molecular weight is 430 g/mol. The summed E-state index contributed by atoms with van der Waals surface area (Å²) in [5.41, 5.74) is 0.827. The number of cyclic esters (lactones) is 2. The molecule has 2 fully saturated rings. The third-order valence-electron chi connectivity index (χ3n) is 4.86. The lowest BCUT2D eigenvalue weighted by Crippen LogP contribution is -2.54. The minimum Gasteiger partial charge on any atom is -0.466 e. The van der Waals surface area contributed by atoms with Crippen LogP contribution in [0.4, 0.5) is 0 Å². The molecule has 1 amide bonds. The van der Waals surface area contributed by atoms with Gasteiger partial charge in [0.2, 0.25) is 5.91 Å². The summed E-state index contributed by atoms with van der Waals surface area (Å²) in [5, 5.41) is 2.68. The zero-order chi connectivity index (χ0) is 22.4. The van der Waals surface area contributed by atoms with Crippen LogP contribution in [-0.2, 0) is 39.8 Å². The molecule has 166 valence electrons. The largest absolute Gasteiger partial charge is 0.466 e. The predicted molar refractivity (Wildman–Crippen MR) is 108 cm³/mol. The molecule has 0 saturated carbocycles. The summed E-state index contributed by atoms with van der Waals surface area (Å²) in [4.78, 5) is 50.5. The van der Waals surface area contributed by atoms with Gasteiger partial charge in [0.05, 0.1) is 13.0 Å². The minimum absolute atomic E-state index is 0.212. The van der Waals surface area contributed by atoms with E-state index in [1.807, 2.05) is 30.3 Å². The van der Waals surface area contributed by atoms with Crippen molar-refractivity contribution in [2.45, 2.75) is 44.9 Å². The van der Waals surface area contributed by atoms with Crippen molar-refractivity contribution < 1.29 is 33.4 Å². The van der Waals surface area contributed by atoms with E-state index in [1.54, 1.807) is 0 Å². The van der Waals surface area contributed by atoms with Crippen molar-refractivity contribution in [1.29, 1.82) is 0 Å². The number of aryl methyl sites for hydroxylation is 1. The number of ether oxygens (including phenoxy) is 3. The van der Waals surface area contributed by atoms with E-state index in [9.17, 15) is 19.2 Å². The van der Waals surface area contributed by atoms with Gasteiger partial charge >= 0.3 is 17.9 Å². The van der Waals surface area contributed by atoms with E-state index in [-0.39, 0.29) is 24.5 Å². The number of hydrogen-bond acceptors (Lipinski definition) is 8. The smallest absolute Gasteiger partial charge is 0.350 e. The van der Waals surface area contributed by atoms with Crippen molar-refractivity contribution in [2.75, 3.05) is 19.7 Å². The van der Waals surface area contributed by atoms with E-state index in [2.05, 4.69) is 5.32 Å². The van der Waals surface area contributed by atoms with E-state index in [0.717, 1.165) is 12.0 Å². The van der Waals surface area contributed by atoms with Gasteiger partial charge in [-0.05, 0) is 18.4 Å². The van der Waals surface area contributed by atoms with Crippen molar-refractivity contribution >= 4 is 23.8 Å². The Morgan fingerprint density at radius 2 is 1.87 bits per heavy atom. The average Bonchev–Trinajstić information content (AvgIpc) is 2.70. The summed E-state index contributed by atoms with van der Waals surface area (Å²) >= 11 is 0. The number of amides is 1. The Labute approximate surface area is 180 Å². The lowest BCUT2D eigenvalue weighted by molar-refractivity contribution is -0.222. The van der Waals surface area contributed by atoms with E-state index in [1.165, 1.54) is 24.9 Å². The Hall–Kier alpha value is -3.36. The molecule has 2 saturated heterocycles. The van der Waals surface area contributed by atoms with Crippen molar-refractivity contribution in [2.24, 2.45) is 0 Å². The number of esters is 3. The van der Waals surface area contributed by atoms with Gasteiger partial charge in [0.1, 0.15) is 6.04 Å².